The quantitative estimate of drug-likeness (QED) is 0.526. The van der Waals surface area contributed by atoms with Gasteiger partial charge in [-0.3, -0.25) is 9.89 Å². The number of hydrogen-bond donors (Lipinski definition) is 2. The molecule has 0 atom stereocenters. The van der Waals surface area contributed by atoms with Crippen LogP contribution in [0.15, 0.2) is 53.6 Å². The monoisotopic (exact) mass is 381 g/mol. The zero-order valence-corrected chi connectivity index (χ0v) is 15.4. The van der Waals surface area contributed by atoms with Crippen LogP contribution in [-0.4, -0.2) is 48.6 Å². The molecule has 138 valence electrons. The molecule has 3 heterocycles. The van der Waals surface area contributed by atoms with Crippen LogP contribution in [0.2, 0.25) is 0 Å². The number of carbonyl (C=O) groups excluding carboxylic acids is 1. The van der Waals surface area contributed by atoms with Gasteiger partial charge in [-0.15, -0.1) is 11.3 Å². The van der Waals surface area contributed by atoms with E-state index in [1.807, 2.05) is 36.4 Å². The number of aromatic amines is 1. The van der Waals surface area contributed by atoms with E-state index in [9.17, 15) is 4.79 Å². The largest absolute Gasteiger partial charge is 0.378 e. The van der Waals surface area contributed by atoms with Crippen molar-refractivity contribution in [1.82, 2.24) is 15.6 Å². The summed E-state index contributed by atoms with van der Waals surface area (Å²) in [6.45, 7) is 3.31. The first-order valence-corrected chi connectivity index (χ1v) is 9.48. The number of H-pyrrole nitrogens is 1. The van der Waals surface area contributed by atoms with Gasteiger partial charge in [-0.05, 0) is 18.2 Å². The predicted molar refractivity (Wildman–Crippen MR) is 106 cm³/mol. The number of amides is 1. The summed E-state index contributed by atoms with van der Waals surface area (Å²) in [6, 6.07) is 15.5. The molecule has 3 aromatic rings. The van der Waals surface area contributed by atoms with Crippen LogP contribution in [0.4, 0.5) is 5.00 Å². The second kappa shape index (κ2) is 8.15. The van der Waals surface area contributed by atoms with Crippen molar-refractivity contribution < 1.29 is 9.53 Å². The maximum atomic E-state index is 12.2. The highest BCUT2D eigenvalue weighted by Crippen LogP contribution is 2.25. The summed E-state index contributed by atoms with van der Waals surface area (Å²) >= 11 is 1.64. The summed E-state index contributed by atoms with van der Waals surface area (Å²) < 4.78 is 5.37. The van der Waals surface area contributed by atoms with E-state index in [0.717, 1.165) is 42.4 Å². The third-order valence-electron chi connectivity index (χ3n) is 4.19. The first-order valence-electron chi connectivity index (χ1n) is 8.66. The van der Waals surface area contributed by atoms with Crippen LogP contribution in [0.1, 0.15) is 15.4 Å². The Morgan fingerprint density at radius 2 is 2.04 bits per heavy atom. The lowest BCUT2D eigenvalue weighted by Crippen LogP contribution is -2.35. The van der Waals surface area contributed by atoms with Crippen molar-refractivity contribution in [1.29, 1.82) is 0 Å². The van der Waals surface area contributed by atoms with Gasteiger partial charge in [0.15, 0.2) is 0 Å². The van der Waals surface area contributed by atoms with E-state index in [1.165, 1.54) is 5.00 Å². The van der Waals surface area contributed by atoms with Crippen LogP contribution in [0.5, 0.6) is 0 Å². The number of aromatic nitrogens is 2. The number of anilines is 1. The lowest BCUT2D eigenvalue weighted by atomic mass is 10.1. The Labute approximate surface area is 160 Å². The summed E-state index contributed by atoms with van der Waals surface area (Å²) in [5.74, 6) is -0.328. The highest BCUT2D eigenvalue weighted by molar-refractivity contribution is 7.17. The number of rotatable bonds is 5. The Kier molecular flexibility index (Phi) is 5.27. The molecule has 2 aromatic heterocycles. The summed E-state index contributed by atoms with van der Waals surface area (Å²) in [6.07, 6.45) is 1.65. The highest BCUT2D eigenvalue weighted by atomic mass is 32.1. The fraction of sp³-hybridized carbons (Fsp3) is 0.211. The SMILES string of the molecule is O=C(N/N=C\c1ccc(N2CCOCC2)s1)c1cc(-c2ccccc2)n[nH]1. The summed E-state index contributed by atoms with van der Waals surface area (Å²) in [5.41, 5.74) is 4.57. The van der Waals surface area contributed by atoms with Crippen molar-refractivity contribution in [2.45, 2.75) is 0 Å². The van der Waals surface area contributed by atoms with Gasteiger partial charge in [-0.25, -0.2) is 5.43 Å². The minimum absolute atomic E-state index is 0.328. The van der Waals surface area contributed by atoms with Crippen LogP contribution >= 0.6 is 11.3 Å². The molecule has 0 aliphatic carbocycles. The van der Waals surface area contributed by atoms with Gasteiger partial charge in [0.25, 0.3) is 5.91 Å². The van der Waals surface area contributed by atoms with Crippen LogP contribution in [0.25, 0.3) is 11.3 Å². The third-order valence-corrected chi connectivity index (χ3v) is 5.27. The average Bonchev–Trinajstić information content (AvgIpc) is 3.39. The maximum absolute atomic E-state index is 12.2. The van der Waals surface area contributed by atoms with Gasteiger partial charge in [-0.1, -0.05) is 30.3 Å². The Bertz CT molecular complexity index is 928. The molecule has 1 fully saturated rings. The molecule has 4 rings (SSSR count). The van der Waals surface area contributed by atoms with E-state index < -0.39 is 0 Å². The predicted octanol–water partition coefficient (Wildman–Crippen LogP) is 2.74. The van der Waals surface area contributed by atoms with Crippen LogP contribution < -0.4 is 10.3 Å². The first kappa shape index (κ1) is 17.4. The normalized spacial score (nSPS) is 14.6. The molecule has 0 unspecified atom stereocenters. The first-order chi connectivity index (χ1) is 13.3. The Hall–Kier alpha value is -2.97. The molecule has 7 nitrogen and oxygen atoms in total. The molecule has 0 spiro atoms. The number of ether oxygens (including phenoxy) is 1. The van der Waals surface area contributed by atoms with E-state index in [0.29, 0.717) is 5.69 Å². The zero-order valence-electron chi connectivity index (χ0n) is 14.6. The lowest BCUT2D eigenvalue weighted by molar-refractivity contribution is 0.0950. The third kappa shape index (κ3) is 4.24. The number of hydrogen-bond acceptors (Lipinski definition) is 6. The molecule has 1 aliphatic rings. The zero-order chi connectivity index (χ0) is 18.5. The van der Waals surface area contributed by atoms with Gasteiger partial charge in [0, 0.05) is 23.5 Å². The fourth-order valence-corrected chi connectivity index (χ4v) is 3.71. The van der Waals surface area contributed by atoms with Crippen molar-refractivity contribution in [3.8, 4) is 11.3 Å². The van der Waals surface area contributed by atoms with Crippen LogP contribution in [0, 0.1) is 0 Å². The van der Waals surface area contributed by atoms with Gasteiger partial charge in [0.1, 0.15) is 5.69 Å². The van der Waals surface area contributed by atoms with Gasteiger partial charge in [0.2, 0.25) is 0 Å². The summed E-state index contributed by atoms with van der Waals surface area (Å²) in [5, 5.41) is 12.2. The van der Waals surface area contributed by atoms with E-state index in [4.69, 9.17) is 4.74 Å². The number of carbonyl (C=O) groups is 1. The molecule has 8 heteroatoms. The van der Waals surface area contributed by atoms with E-state index in [1.54, 1.807) is 23.6 Å². The van der Waals surface area contributed by atoms with E-state index in [2.05, 4.69) is 31.7 Å². The molecule has 0 saturated carbocycles. The molecule has 2 N–H and O–H groups in total. The minimum Gasteiger partial charge on any atom is -0.378 e. The highest BCUT2D eigenvalue weighted by Gasteiger charge is 2.13. The molecule has 27 heavy (non-hydrogen) atoms. The summed E-state index contributed by atoms with van der Waals surface area (Å²) in [4.78, 5) is 15.5. The fourth-order valence-electron chi connectivity index (χ4n) is 2.77. The lowest BCUT2D eigenvalue weighted by Gasteiger charge is -2.27. The second-order valence-corrected chi connectivity index (χ2v) is 7.10. The number of hydrazone groups is 1. The Morgan fingerprint density at radius 1 is 1.22 bits per heavy atom. The van der Waals surface area contributed by atoms with Gasteiger partial charge in [-0.2, -0.15) is 10.2 Å². The van der Waals surface area contributed by atoms with Crippen molar-refractivity contribution in [3.05, 3.63) is 59.1 Å². The smallest absolute Gasteiger partial charge is 0.289 e. The van der Waals surface area contributed by atoms with Crippen LogP contribution in [-0.2, 0) is 4.74 Å². The van der Waals surface area contributed by atoms with Crippen molar-refractivity contribution in [2.24, 2.45) is 5.10 Å². The molecule has 1 amide bonds. The summed E-state index contributed by atoms with van der Waals surface area (Å²) in [7, 11) is 0. The number of morpholine rings is 1. The maximum Gasteiger partial charge on any atom is 0.289 e. The number of thiophene rings is 1. The second-order valence-electron chi connectivity index (χ2n) is 6.01. The van der Waals surface area contributed by atoms with Crippen molar-refractivity contribution >= 4 is 28.5 Å². The molecule has 0 bridgehead atoms. The average molecular weight is 381 g/mol. The topological polar surface area (TPSA) is 82.6 Å². The minimum atomic E-state index is -0.328. The van der Waals surface area contributed by atoms with E-state index in [-0.39, 0.29) is 5.91 Å². The van der Waals surface area contributed by atoms with Crippen molar-refractivity contribution in [2.75, 3.05) is 31.2 Å². The molecule has 1 aliphatic heterocycles. The Morgan fingerprint density at radius 3 is 2.85 bits per heavy atom. The van der Waals surface area contributed by atoms with Gasteiger partial charge >= 0.3 is 0 Å². The number of nitrogens with zero attached hydrogens (tertiary/aromatic N) is 3. The van der Waals surface area contributed by atoms with Crippen molar-refractivity contribution in [3.63, 3.8) is 0 Å². The number of benzene rings is 1. The molecule has 1 saturated heterocycles. The van der Waals surface area contributed by atoms with Gasteiger partial charge < -0.3 is 9.64 Å². The Balaban J connectivity index is 1.35. The molecular formula is C19H19N5O2S. The van der Waals surface area contributed by atoms with Gasteiger partial charge in [0.05, 0.1) is 30.1 Å². The molecular weight excluding hydrogens is 362 g/mol. The standard InChI is InChI=1S/C19H19N5O2S/c25-19(17-12-16(21-22-17)14-4-2-1-3-5-14)23-20-13-15-6-7-18(27-15)24-8-10-26-11-9-24/h1-7,12-13H,8-11H2,(H,21,22)(H,23,25)/b20-13-. The number of nitrogens with one attached hydrogen (secondary N) is 2. The van der Waals surface area contributed by atoms with Crippen LogP contribution in [0.3, 0.4) is 0 Å². The molecule has 0 radical (unpaired) electrons. The van der Waals surface area contributed by atoms with E-state index >= 15 is 0 Å². The molecule has 1 aromatic carbocycles.